The van der Waals surface area contributed by atoms with Gasteiger partial charge in [0.2, 0.25) is 6.10 Å². The van der Waals surface area contributed by atoms with E-state index in [0.717, 1.165) is 4.90 Å². The third-order valence-corrected chi connectivity index (χ3v) is 5.32. The largest absolute Gasteiger partial charge is 0.434 e. The minimum Gasteiger partial charge on any atom is -0.434 e. The first kappa shape index (κ1) is 20.8. The first-order chi connectivity index (χ1) is 13.1. The van der Waals surface area contributed by atoms with E-state index >= 15 is 0 Å². The summed E-state index contributed by atoms with van der Waals surface area (Å²) in [6.07, 6.45) is -7.62. The molecule has 28 heavy (non-hydrogen) atoms. The van der Waals surface area contributed by atoms with Crippen molar-refractivity contribution in [3.05, 3.63) is 35.4 Å². The second-order valence-corrected chi connectivity index (χ2v) is 7.11. The lowest BCUT2D eigenvalue weighted by atomic mass is 9.83. The van der Waals surface area contributed by atoms with Crippen molar-refractivity contribution in [3.8, 4) is 0 Å². The number of hydrogen-bond donors (Lipinski definition) is 1. The van der Waals surface area contributed by atoms with Crippen molar-refractivity contribution in [2.24, 2.45) is 0 Å². The van der Waals surface area contributed by atoms with Crippen LogP contribution in [0.2, 0.25) is 0 Å². The minimum atomic E-state index is -4.85. The summed E-state index contributed by atoms with van der Waals surface area (Å²) >= 11 is 0. The van der Waals surface area contributed by atoms with Gasteiger partial charge >= 0.3 is 12.3 Å². The average Bonchev–Trinajstić information content (AvgIpc) is 3.02. The van der Waals surface area contributed by atoms with E-state index in [1.54, 1.807) is 0 Å². The third kappa shape index (κ3) is 4.22. The summed E-state index contributed by atoms with van der Waals surface area (Å²) in [6.45, 7) is -1.06. The molecule has 1 spiro atoms. The smallest absolute Gasteiger partial charge is 0.427 e. The highest BCUT2D eigenvalue weighted by Crippen LogP contribution is 2.44. The molecule has 3 rings (SSSR count). The minimum absolute atomic E-state index is 0.0304. The number of ether oxygens (including phenoxy) is 2. The van der Waals surface area contributed by atoms with Crippen molar-refractivity contribution in [1.82, 2.24) is 4.90 Å². The number of amides is 1. The van der Waals surface area contributed by atoms with Gasteiger partial charge in [0.05, 0.1) is 18.8 Å². The maximum absolute atomic E-state index is 14.0. The van der Waals surface area contributed by atoms with Gasteiger partial charge in [-0.2, -0.15) is 13.2 Å². The first-order valence-corrected chi connectivity index (χ1v) is 8.86. The number of alkyl halides is 3. The van der Waals surface area contributed by atoms with Crippen molar-refractivity contribution in [1.29, 1.82) is 0 Å². The molecule has 1 aromatic rings. The fraction of sp³-hybridized carbons (Fsp3) is 0.611. The van der Waals surface area contributed by atoms with Gasteiger partial charge in [-0.3, -0.25) is 0 Å². The fourth-order valence-electron chi connectivity index (χ4n) is 3.78. The highest BCUT2D eigenvalue weighted by Gasteiger charge is 2.47. The molecule has 0 radical (unpaired) electrons. The van der Waals surface area contributed by atoms with Gasteiger partial charge in [0.25, 0.3) is 0 Å². The molecule has 2 aliphatic heterocycles. The molecular formula is C18H20F5NO4. The van der Waals surface area contributed by atoms with Gasteiger partial charge < -0.3 is 19.5 Å². The summed E-state index contributed by atoms with van der Waals surface area (Å²) in [7, 11) is 0. The molecule has 2 aliphatic rings. The Bertz CT molecular complexity index is 698. The van der Waals surface area contributed by atoms with E-state index in [0.29, 0.717) is 19.3 Å². The van der Waals surface area contributed by atoms with Crippen LogP contribution in [0.5, 0.6) is 0 Å². The Morgan fingerprint density at radius 3 is 2.43 bits per heavy atom. The van der Waals surface area contributed by atoms with Crippen molar-refractivity contribution in [2.75, 3.05) is 26.3 Å². The number of rotatable bonds is 3. The number of aliphatic hydroxyl groups is 1. The summed E-state index contributed by atoms with van der Waals surface area (Å²) in [5.74, 6) is -1.76. The van der Waals surface area contributed by atoms with Crippen LogP contribution in [0, 0.1) is 11.6 Å². The molecule has 1 unspecified atom stereocenters. The van der Waals surface area contributed by atoms with Crippen molar-refractivity contribution in [2.45, 2.75) is 43.1 Å². The number of carbonyl (C=O) groups is 1. The summed E-state index contributed by atoms with van der Waals surface area (Å²) in [5, 5.41) is 8.76. The molecule has 2 fully saturated rings. The molecule has 0 bridgehead atoms. The number of likely N-dealkylation sites (tertiary alicyclic amines) is 1. The predicted molar refractivity (Wildman–Crippen MR) is 86.6 cm³/mol. The zero-order chi connectivity index (χ0) is 20.5. The summed E-state index contributed by atoms with van der Waals surface area (Å²) < 4.78 is 76.0. The molecule has 10 heteroatoms. The van der Waals surface area contributed by atoms with E-state index in [2.05, 4.69) is 4.74 Å². The molecule has 1 aromatic carbocycles. The number of carbonyl (C=O) groups excluding carboxylic acids is 1. The van der Waals surface area contributed by atoms with Crippen LogP contribution >= 0.6 is 0 Å². The zero-order valence-electron chi connectivity index (χ0n) is 14.8. The van der Waals surface area contributed by atoms with Gasteiger partial charge in [-0.15, -0.1) is 0 Å². The van der Waals surface area contributed by atoms with E-state index in [9.17, 15) is 26.7 Å². The molecule has 1 N–H and O–H groups in total. The fourth-order valence-corrected chi connectivity index (χ4v) is 3.78. The van der Waals surface area contributed by atoms with Crippen LogP contribution in [0.1, 0.15) is 30.7 Å². The molecule has 156 valence electrons. The average molecular weight is 409 g/mol. The number of benzene rings is 1. The lowest BCUT2D eigenvalue weighted by Gasteiger charge is -2.38. The normalized spacial score (nSPS) is 23.1. The molecule has 5 nitrogen and oxygen atoms in total. The molecule has 0 aromatic heterocycles. The maximum Gasteiger partial charge on any atom is 0.427 e. The molecule has 0 saturated carbocycles. The van der Waals surface area contributed by atoms with E-state index in [1.807, 2.05) is 0 Å². The molecular weight excluding hydrogens is 389 g/mol. The van der Waals surface area contributed by atoms with E-state index < -0.39 is 48.1 Å². The predicted octanol–water partition coefficient (Wildman–Crippen LogP) is 3.36. The van der Waals surface area contributed by atoms with Gasteiger partial charge in [-0.25, -0.2) is 13.6 Å². The van der Waals surface area contributed by atoms with Crippen molar-refractivity contribution >= 4 is 6.09 Å². The monoisotopic (exact) mass is 409 g/mol. The quantitative estimate of drug-likeness (QED) is 0.778. The Kier molecular flexibility index (Phi) is 5.81. The molecule has 2 saturated heterocycles. The van der Waals surface area contributed by atoms with Gasteiger partial charge in [-0.05, 0) is 31.4 Å². The zero-order valence-corrected chi connectivity index (χ0v) is 14.8. The van der Waals surface area contributed by atoms with Crippen molar-refractivity contribution in [3.63, 3.8) is 0 Å². The summed E-state index contributed by atoms with van der Waals surface area (Å²) in [6, 6.07) is 3.64. The molecule has 1 amide bonds. The third-order valence-electron chi connectivity index (χ3n) is 5.32. The highest BCUT2D eigenvalue weighted by atomic mass is 19.4. The maximum atomic E-state index is 14.0. The topological polar surface area (TPSA) is 59.0 Å². The van der Waals surface area contributed by atoms with Crippen LogP contribution in [0.4, 0.5) is 26.7 Å². The Balaban J connectivity index is 1.59. The number of hydrogen-bond acceptors (Lipinski definition) is 4. The molecule has 2 atom stereocenters. The second-order valence-electron chi connectivity index (χ2n) is 7.11. The number of halogens is 5. The number of aliphatic hydroxyl groups excluding tert-OH is 1. The Hall–Kier alpha value is -1.94. The Labute approximate surface area is 158 Å². The second kappa shape index (κ2) is 7.82. The number of nitrogens with zero attached hydrogens (tertiary/aromatic N) is 1. The summed E-state index contributed by atoms with van der Waals surface area (Å²) in [4.78, 5) is 13.1. The van der Waals surface area contributed by atoms with Crippen molar-refractivity contribution < 1.29 is 41.3 Å². The van der Waals surface area contributed by atoms with Crippen LogP contribution in [0.25, 0.3) is 0 Å². The summed E-state index contributed by atoms with van der Waals surface area (Å²) in [5.41, 5.74) is -0.714. The number of piperidine rings is 1. The first-order valence-electron chi connectivity index (χ1n) is 8.86. The van der Waals surface area contributed by atoms with Crippen LogP contribution in [-0.4, -0.2) is 60.3 Å². The van der Waals surface area contributed by atoms with Crippen LogP contribution in [0.3, 0.4) is 0 Å². The standard InChI is InChI=1S/C18H20F5NO4/c19-12-2-1-3-13(20)15(12)11-8-17(27-10-11)4-6-24(7-5-17)16(26)28-14(9-25)18(21,22)23/h1-3,11,14,25H,4-10H2/t11?,14-/m1/s1. The van der Waals surface area contributed by atoms with E-state index in [-0.39, 0.29) is 25.3 Å². The van der Waals surface area contributed by atoms with E-state index in [1.165, 1.54) is 18.2 Å². The Morgan fingerprint density at radius 2 is 1.89 bits per heavy atom. The SMILES string of the molecule is O=C(O[C@H](CO)C(F)(F)F)N1CCC2(CC1)CC(c1c(F)cccc1F)CO2. The van der Waals surface area contributed by atoms with Crippen LogP contribution in [0.15, 0.2) is 18.2 Å². The van der Waals surface area contributed by atoms with Gasteiger partial charge in [0, 0.05) is 24.6 Å². The lowest BCUT2D eigenvalue weighted by Crippen LogP contribution is -2.49. The van der Waals surface area contributed by atoms with Crippen LogP contribution < -0.4 is 0 Å². The molecule has 2 heterocycles. The van der Waals surface area contributed by atoms with Gasteiger partial charge in [0.1, 0.15) is 11.6 Å². The highest BCUT2D eigenvalue weighted by molar-refractivity contribution is 5.68. The van der Waals surface area contributed by atoms with E-state index in [4.69, 9.17) is 9.84 Å². The lowest BCUT2D eigenvalue weighted by molar-refractivity contribution is -0.215. The Morgan fingerprint density at radius 1 is 1.29 bits per heavy atom. The van der Waals surface area contributed by atoms with Crippen LogP contribution in [-0.2, 0) is 9.47 Å². The van der Waals surface area contributed by atoms with Gasteiger partial charge in [0.15, 0.2) is 0 Å². The molecule has 0 aliphatic carbocycles. The van der Waals surface area contributed by atoms with Gasteiger partial charge in [-0.1, -0.05) is 6.07 Å².